The van der Waals surface area contributed by atoms with Crippen molar-refractivity contribution < 1.29 is 35.8 Å². The molecule has 210 valence electrons. The number of nitrogens with one attached hydrogen (secondary N) is 2. The summed E-state index contributed by atoms with van der Waals surface area (Å²) in [7, 11) is 0. The molecule has 15 heteroatoms. The van der Waals surface area contributed by atoms with Crippen molar-refractivity contribution in [3.63, 3.8) is 0 Å². The minimum atomic E-state index is -4.75. The molecule has 1 fully saturated rings. The number of anilines is 4. The first-order chi connectivity index (χ1) is 18.3. The molecule has 0 unspecified atom stereocenters. The Bertz CT molecular complexity index is 1210. The fraction of sp³-hybridized carbons (Fsp3) is 0.333. The van der Waals surface area contributed by atoms with Gasteiger partial charge in [-0.1, -0.05) is 29.8 Å². The molecule has 0 spiro atoms. The first kappa shape index (κ1) is 29.4. The number of nitrogens with zero attached hydrogens (tertiary/aromatic N) is 5. The Kier molecular flexibility index (Phi) is 9.87. The van der Waals surface area contributed by atoms with Crippen LogP contribution in [0.15, 0.2) is 53.6 Å². The van der Waals surface area contributed by atoms with Crippen molar-refractivity contribution in [2.24, 2.45) is 5.10 Å². The monoisotopic (exact) mass is 557 g/mol. The second-order valence-electron chi connectivity index (χ2n) is 8.14. The van der Waals surface area contributed by atoms with Gasteiger partial charge in [0.25, 0.3) is 0 Å². The summed E-state index contributed by atoms with van der Waals surface area (Å²) in [6, 6.07) is 13.1. The summed E-state index contributed by atoms with van der Waals surface area (Å²) in [6.45, 7) is 4.50. The first-order valence-corrected chi connectivity index (χ1v) is 11.5. The molecule has 0 atom stereocenters. The summed E-state index contributed by atoms with van der Waals surface area (Å²) >= 11 is 0. The van der Waals surface area contributed by atoms with Gasteiger partial charge in [-0.15, -0.1) is 13.2 Å². The molecule has 3 aromatic rings. The summed E-state index contributed by atoms with van der Waals surface area (Å²) in [6.07, 6.45) is -7.11. The van der Waals surface area contributed by atoms with Crippen molar-refractivity contribution in [2.75, 3.05) is 41.9 Å². The number of hydrogen-bond acceptors (Lipinski definition) is 9. The van der Waals surface area contributed by atoms with Crippen LogP contribution in [0.1, 0.15) is 18.1 Å². The molecular weight excluding hydrogens is 532 g/mol. The molecule has 0 bridgehead atoms. The fourth-order valence-corrected chi connectivity index (χ4v) is 3.06. The normalized spacial score (nSPS) is 14.0. The molecule has 1 aromatic heterocycles. The van der Waals surface area contributed by atoms with Gasteiger partial charge in [-0.05, 0) is 36.8 Å². The maximum absolute atomic E-state index is 12.4. The van der Waals surface area contributed by atoms with Gasteiger partial charge in [0.05, 0.1) is 19.4 Å². The van der Waals surface area contributed by atoms with E-state index in [0.29, 0.717) is 37.9 Å². The van der Waals surface area contributed by atoms with Crippen molar-refractivity contribution >= 4 is 29.7 Å². The smallest absolute Gasteiger partial charge is 0.406 e. The zero-order chi connectivity index (χ0) is 28.5. The van der Waals surface area contributed by atoms with Crippen LogP contribution in [0.2, 0.25) is 0 Å². The Morgan fingerprint density at radius 3 is 2.08 bits per heavy atom. The molecule has 1 aliphatic rings. The number of alkyl halides is 6. The van der Waals surface area contributed by atoms with Gasteiger partial charge >= 0.3 is 12.5 Å². The van der Waals surface area contributed by atoms with Crippen molar-refractivity contribution in [2.45, 2.75) is 26.4 Å². The maximum atomic E-state index is 12.4. The molecule has 4 rings (SSSR count). The molecule has 1 aliphatic heterocycles. The number of aromatic nitrogens is 3. The topological polar surface area (TPSA) is 96.8 Å². The Morgan fingerprint density at radius 2 is 1.49 bits per heavy atom. The average molecular weight is 557 g/mol. The number of ether oxygens (including phenoxy) is 2. The largest absolute Gasteiger partial charge is 0.573 e. The van der Waals surface area contributed by atoms with E-state index in [1.54, 1.807) is 6.21 Å². The highest BCUT2D eigenvalue weighted by atomic mass is 19.4. The third kappa shape index (κ3) is 11.4. The molecular formula is C24H25F6N7O2. The van der Waals surface area contributed by atoms with E-state index >= 15 is 0 Å². The molecule has 2 heterocycles. The van der Waals surface area contributed by atoms with E-state index in [1.807, 2.05) is 36.1 Å². The van der Waals surface area contributed by atoms with E-state index in [1.165, 1.54) is 24.3 Å². The van der Waals surface area contributed by atoms with Gasteiger partial charge in [0.15, 0.2) is 0 Å². The summed E-state index contributed by atoms with van der Waals surface area (Å²) in [4.78, 5) is 15.2. The van der Waals surface area contributed by atoms with Gasteiger partial charge in [0, 0.05) is 25.7 Å². The summed E-state index contributed by atoms with van der Waals surface area (Å²) in [5.74, 6) is 0.509. The lowest BCUT2D eigenvalue weighted by atomic mass is 10.2. The standard InChI is InChI=1S/C22H22F3N7O2.C2H3F3/c1-15-2-4-16(5-3-15)14-26-31-20-28-19(29-21(30-20)32-10-12-33-13-11-32)27-17-6-8-18(9-7-17)34-22(23,24)25;1-2(3,4)5/h2-9,14H,10-13H2,1H3,(H2,27,28,29,30,31);1H3/b26-14+;. The minimum absolute atomic E-state index is 0.188. The maximum Gasteiger partial charge on any atom is 0.573 e. The van der Waals surface area contributed by atoms with Crippen LogP contribution in [0, 0.1) is 6.92 Å². The van der Waals surface area contributed by atoms with Gasteiger partial charge in [-0.2, -0.15) is 33.2 Å². The lowest BCUT2D eigenvalue weighted by Crippen LogP contribution is -2.37. The highest BCUT2D eigenvalue weighted by Gasteiger charge is 2.31. The zero-order valence-electron chi connectivity index (χ0n) is 20.8. The van der Waals surface area contributed by atoms with Crippen LogP contribution in [-0.4, -0.2) is 60.0 Å². The highest BCUT2D eigenvalue weighted by Crippen LogP contribution is 2.25. The first-order valence-electron chi connectivity index (χ1n) is 11.5. The van der Waals surface area contributed by atoms with Gasteiger partial charge in [-0.25, -0.2) is 5.43 Å². The van der Waals surface area contributed by atoms with E-state index in [2.05, 4.69) is 35.5 Å². The van der Waals surface area contributed by atoms with Gasteiger partial charge in [-0.3, -0.25) is 0 Å². The van der Waals surface area contributed by atoms with Crippen LogP contribution in [0.4, 0.5) is 49.9 Å². The SMILES string of the molecule is CC(F)(F)F.Cc1ccc(/C=N/Nc2nc(Nc3ccc(OC(F)(F)F)cc3)nc(N3CCOCC3)n2)cc1. The van der Waals surface area contributed by atoms with Crippen LogP contribution in [0.3, 0.4) is 0 Å². The van der Waals surface area contributed by atoms with Crippen molar-refractivity contribution in [1.29, 1.82) is 0 Å². The van der Waals surface area contributed by atoms with E-state index in [-0.39, 0.29) is 24.6 Å². The molecule has 0 aliphatic carbocycles. The van der Waals surface area contributed by atoms with Crippen LogP contribution < -0.4 is 20.4 Å². The molecule has 2 N–H and O–H groups in total. The molecule has 2 aromatic carbocycles. The molecule has 0 amide bonds. The van der Waals surface area contributed by atoms with E-state index in [9.17, 15) is 26.3 Å². The van der Waals surface area contributed by atoms with Crippen LogP contribution >= 0.6 is 0 Å². The van der Waals surface area contributed by atoms with Gasteiger partial charge in [0.2, 0.25) is 17.8 Å². The number of rotatable bonds is 7. The van der Waals surface area contributed by atoms with Crippen LogP contribution in [0.25, 0.3) is 0 Å². The van der Waals surface area contributed by atoms with E-state index in [0.717, 1.165) is 11.1 Å². The predicted molar refractivity (Wildman–Crippen MR) is 133 cm³/mol. The quantitative estimate of drug-likeness (QED) is 0.218. The number of hydrazone groups is 1. The minimum Gasteiger partial charge on any atom is -0.406 e. The van der Waals surface area contributed by atoms with Crippen LogP contribution in [-0.2, 0) is 4.74 Å². The Labute approximate surface area is 219 Å². The van der Waals surface area contributed by atoms with Crippen LogP contribution in [0.5, 0.6) is 5.75 Å². The van der Waals surface area contributed by atoms with Gasteiger partial charge in [0.1, 0.15) is 5.75 Å². The third-order valence-electron chi connectivity index (χ3n) is 4.72. The lowest BCUT2D eigenvalue weighted by molar-refractivity contribution is -0.274. The predicted octanol–water partition coefficient (Wildman–Crippen LogP) is 5.67. The number of aryl methyl sites for hydroxylation is 1. The molecule has 9 nitrogen and oxygen atoms in total. The Balaban J connectivity index is 0.000000771. The van der Waals surface area contributed by atoms with Crippen molar-refractivity contribution in [3.05, 3.63) is 59.7 Å². The second kappa shape index (κ2) is 13.1. The number of morpholine rings is 1. The van der Waals surface area contributed by atoms with Crippen molar-refractivity contribution in [1.82, 2.24) is 15.0 Å². The lowest BCUT2D eigenvalue weighted by Gasteiger charge is -2.27. The van der Waals surface area contributed by atoms with Gasteiger partial charge < -0.3 is 19.7 Å². The van der Waals surface area contributed by atoms with E-state index < -0.39 is 12.5 Å². The Hall–Kier alpha value is -4.14. The fourth-order valence-electron chi connectivity index (χ4n) is 3.06. The molecule has 0 saturated carbocycles. The number of halogens is 6. The molecule has 39 heavy (non-hydrogen) atoms. The Morgan fingerprint density at radius 1 is 0.897 bits per heavy atom. The number of hydrogen-bond donors (Lipinski definition) is 2. The number of benzene rings is 2. The van der Waals surface area contributed by atoms with Crippen molar-refractivity contribution in [3.8, 4) is 5.75 Å². The molecule has 1 saturated heterocycles. The summed E-state index contributed by atoms with van der Waals surface area (Å²) in [5.41, 5.74) is 5.34. The molecule has 0 radical (unpaired) electrons. The second-order valence-corrected chi connectivity index (χ2v) is 8.14. The summed E-state index contributed by atoms with van der Waals surface area (Å²) in [5, 5.41) is 7.18. The average Bonchev–Trinajstić information content (AvgIpc) is 2.85. The third-order valence-corrected chi connectivity index (χ3v) is 4.72. The summed E-state index contributed by atoms with van der Waals surface area (Å²) < 4.78 is 77.5. The van der Waals surface area contributed by atoms with E-state index in [4.69, 9.17) is 4.74 Å². The zero-order valence-corrected chi connectivity index (χ0v) is 20.8. The highest BCUT2D eigenvalue weighted by molar-refractivity contribution is 5.80.